The summed E-state index contributed by atoms with van der Waals surface area (Å²) < 4.78 is 0. The molecule has 0 unspecified atom stereocenters. The summed E-state index contributed by atoms with van der Waals surface area (Å²) in [6, 6.07) is 4.36. The van der Waals surface area contributed by atoms with Gasteiger partial charge in [-0.2, -0.15) is 0 Å². The van der Waals surface area contributed by atoms with E-state index in [1.807, 2.05) is 0 Å². The third-order valence-electron chi connectivity index (χ3n) is 4.78. The van der Waals surface area contributed by atoms with Crippen molar-refractivity contribution in [1.82, 2.24) is 5.32 Å². The van der Waals surface area contributed by atoms with Crippen molar-refractivity contribution >= 4 is 5.69 Å². The summed E-state index contributed by atoms with van der Waals surface area (Å²) in [5.41, 5.74) is 6.61. The van der Waals surface area contributed by atoms with Crippen LogP contribution in [0, 0.1) is 26.2 Å². The first-order valence-corrected chi connectivity index (χ1v) is 7.18. The number of benzene rings is 1. The van der Waals surface area contributed by atoms with Crippen LogP contribution in [0.25, 0.3) is 0 Å². The van der Waals surface area contributed by atoms with Crippen LogP contribution in [-0.4, -0.2) is 13.1 Å². The molecule has 2 rings (SSSR count). The van der Waals surface area contributed by atoms with Crippen LogP contribution in [0.5, 0.6) is 0 Å². The highest BCUT2D eigenvalue weighted by Crippen LogP contribution is 2.36. The number of allylic oxidation sites excluding steroid dienone is 1. The van der Waals surface area contributed by atoms with Crippen molar-refractivity contribution in [1.29, 1.82) is 0 Å². The highest BCUT2D eigenvalue weighted by atomic mass is 14.9. The molecule has 1 saturated heterocycles. The standard InChI is InChI=1S/C17H26N2/c1-12-6-7-16(14(3)13(12)2)19-15(4)17(5)8-10-18-11-9-17/h6-7,18-19H,4,8-11H2,1-3,5H3. The first-order chi connectivity index (χ1) is 8.94. The van der Waals surface area contributed by atoms with E-state index in [-0.39, 0.29) is 5.41 Å². The molecule has 0 radical (unpaired) electrons. The van der Waals surface area contributed by atoms with E-state index >= 15 is 0 Å². The minimum atomic E-state index is 0.205. The monoisotopic (exact) mass is 258 g/mol. The number of hydrogen-bond acceptors (Lipinski definition) is 2. The van der Waals surface area contributed by atoms with Gasteiger partial charge in [-0.1, -0.05) is 19.6 Å². The number of aryl methyl sites for hydroxylation is 1. The molecule has 0 atom stereocenters. The Hall–Kier alpha value is -1.28. The summed E-state index contributed by atoms with van der Waals surface area (Å²) >= 11 is 0. The SMILES string of the molecule is C=C(Nc1ccc(C)c(C)c1C)C1(C)CCNCC1. The summed E-state index contributed by atoms with van der Waals surface area (Å²) in [6.07, 6.45) is 2.31. The molecule has 1 aliphatic rings. The fourth-order valence-electron chi connectivity index (χ4n) is 2.69. The van der Waals surface area contributed by atoms with Gasteiger partial charge in [0.2, 0.25) is 0 Å². The van der Waals surface area contributed by atoms with Crippen molar-refractivity contribution in [3.05, 3.63) is 41.1 Å². The molecule has 0 aliphatic carbocycles. The second kappa shape index (κ2) is 5.38. The van der Waals surface area contributed by atoms with Gasteiger partial charge in [0.25, 0.3) is 0 Å². The van der Waals surface area contributed by atoms with Gasteiger partial charge in [0.1, 0.15) is 0 Å². The van der Waals surface area contributed by atoms with E-state index < -0.39 is 0 Å². The number of anilines is 1. The van der Waals surface area contributed by atoms with Gasteiger partial charge in [-0.3, -0.25) is 0 Å². The van der Waals surface area contributed by atoms with E-state index in [1.165, 1.54) is 22.4 Å². The Kier molecular flexibility index (Phi) is 4.00. The highest BCUT2D eigenvalue weighted by molar-refractivity contribution is 5.59. The van der Waals surface area contributed by atoms with Gasteiger partial charge in [0, 0.05) is 16.8 Å². The Bertz CT molecular complexity index is 482. The predicted molar refractivity (Wildman–Crippen MR) is 83.6 cm³/mol. The Labute approximate surface area is 117 Å². The zero-order valence-corrected chi connectivity index (χ0v) is 12.7. The molecular formula is C17H26N2. The van der Waals surface area contributed by atoms with E-state index in [0.717, 1.165) is 31.6 Å². The average Bonchev–Trinajstić information content (AvgIpc) is 2.40. The van der Waals surface area contributed by atoms with Gasteiger partial charge in [-0.25, -0.2) is 0 Å². The van der Waals surface area contributed by atoms with Crippen molar-refractivity contribution in [2.75, 3.05) is 18.4 Å². The van der Waals surface area contributed by atoms with Crippen molar-refractivity contribution in [2.45, 2.75) is 40.5 Å². The van der Waals surface area contributed by atoms with E-state index in [9.17, 15) is 0 Å². The van der Waals surface area contributed by atoms with Crippen LogP contribution in [0.15, 0.2) is 24.4 Å². The molecule has 2 heteroatoms. The lowest BCUT2D eigenvalue weighted by atomic mass is 9.78. The van der Waals surface area contributed by atoms with Crippen LogP contribution < -0.4 is 10.6 Å². The van der Waals surface area contributed by atoms with E-state index in [4.69, 9.17) is 0 Å². The van der Waals surface area contributed by atoms with E-state index in [1.54, 1.807) is 0 Å². The van der Waals surface area contributed by atoms with Crippen LogP contribution in [0.2, 0.25) is 0 Å². The smallest absolute Gasteiger partial charge is 0.0414 e. The molecule has 1 heterocycles. The van der Waals surface area contributed by atoms with Crippen molar-refractivity contribution in [2.24, 2.45) is 5.41 Å². The molecule has 1 fully saturated rings. The van der Waals surface area contributed by atoms with Crippen molar-refractivity contribution in [3.63, 3.8) is 0 Å². The Morgan fingerprint density at radius 3 is 2.42 bits per heavy atom. The summed E-state index contributed by atoms with van der Waals surface area (Å²) in [7, 11) is 0. The normalized spacial score (nSPS) is 18.1. The minimum absolute atomic E-state index is 0.205. The maximum atomic E-state index is 4.30. The fourth-order valence-corrected chi connectivity index (χ4v) is 2.69. The first-order valence-electron chi connectivity index (χ1n) is 7.18. The molecule has 1 aromatic carbocycles. The molecular weight excluding hydrogens is 232 g/mol. The van der Waals surface area contributed by atoms with Crippen molar-refractivity contribution < 1.29 is 0 Å². The van der Waals surface area contributed by atoms with E-state index in [2.05, 4.69) is 57.0 Å². The number of nitrogens with one attached hydrogen (secondary N) is 2. The van der Waals surface area contributed by atoms with Crippen LogP contribution in [-0.2, 0) is 0 Å². The topological polar surface area (TPSA) is 24.1 Å². The second-order valence-electron chi connectivity index (χ2n) is 6.09. The average molecular weight is 258 g/mol. The predicted octanol–water partition coefficient (Wildman–Crippen LogP) is 3.93. The Morgan fingerprint density at radius 1 is 1.16 bits per heavy atom. The minimum Gasteiger partial charge on any atom is -0.359 e. The molecule has 0 spiro atoms. The molecule has 0 amide bonds. The van der Waals surface area contributed by atoms with E-state index in [0.29, 0.717) is 0 Å². The number of hydrogen-bond donors (Lipinski definition) is 2. The maximum Gasteiger partial charge on any atom is 0.0414 e. The Morgan fingerprint density at radius 2 is 1.79 bits per heavy atom. The molecule has 0 aromatic heterocycles. The third-order valence-corrected chi connectivity index (χ3v) is 4.78. The second-order valence-corrected chi connectivity index (χ2v) is 6.09. The lowest BCUT2D eigenvalue weighted by Gasteiger charge is -2.36. The maximum absolute atomic E-state index is 4.30. The summed E-state index contributed by atoms with van der Waals surface area (Å²) in [5, 5.41) is 6.98. The fraction of sp³-hybridized carbons (Fsp3) is 0.529. The lowest BCUT2D eigenvalue weighted by Crippen LogP contribution is -2.37. The molecule has 104 valence electrons. The highest BCUT2D eigenvalue weighted by Gasteiger charge is 2.30. The van der Waals surface area contributed by atoms with Gasteiger partial charge < -0.3 is 10.6 Å². The molecule has 0 saturated carbocycles. The molecule has 1 aromatic rings. The van der Waals surface area contributed by atoms with Crippen LogP contribution in [0.3, 0.4) is 0 Å². The molecule has 2 nitrogen and oxygen atoms in total. The van der Waals surface area contributed by atoms with Crippen LogP contribution >= 0.6 is 0 Å². The third kappa shape index (κ3) is 2.84. The zero-order chi connectivity index (χ0) is 14.0. The quantitative estimate of drug-likeness (QED) is 0.858. The lowest BCUT2D eigenvalue weighted by molar-refractivity contribution is 0.285. The summed E-state index contributed by atoms with van der Waals surface area (Å²) in [6.45, 7) is 15.3. The summed E-state index contributed by atoms with van der Waals surface area (Å²) in [5.74, 6) is 0. The van der Waals surface area contributed by atoms with Crippen molar-refractivity contribution in [3.8, 4) is 0 Å². The first kappa shape index (κ1) is 14.1. The van der Waals surface area contributed by atoms with Gasteiger partial charge >= 0.3 is 0 Å². The molecule has 2 N–H and O–H groups in total. The number of rotatable bonds is 3. The molecule has 1 aliphatic heterocycles. The molecule has 19 heavy (non-hydrogen) atoms. The molecule has 0 bridgehead atoms. The Balaban J connectivity index is 2.17. The van der Waals surface area contributed by atoms with Crippen LogP contribution in [0.4, 0.5) is 5.69 Å². The van der Waals surface area contributed by atoms with Crippen LogP contribution in [0.1, 0.15) is 36.5 Å². The van der Waals surface area contributed by atoms with Gasteiger partial charge in [-0.05, 0) is 69.5 Å². The largest absolute Gasteiger partial charge is 0.359 e. The van der Waals surface area contributed by atoms with Gasteiger partial charge in [0.15, 0.2) is 0 Å². The summed E-state index contributed by atoms with van der Waals surface area (Å²) in [4.78, 5) is 0. The van der Waals surface area contributed by atoms with Gasteiger partial charge in [-0.15, -0.1) is 0 Å². The van der Waals surface area contributed by atoms with Gasteiger partial charge in [0.05, 0.1) is 0 Å². The number of piperidine rings is 1. The zero-order valence-electron chi connectivity index (χ0n) is 12.7.